The summed E-state index contributed by atoms with van der Waals surface area (Å²) in [5.74, 6) is -2.21. The lowest BCUT2D eigenvalue weighted by atomic mass is 10.1. The van der Waals surface area contributed by atoms with Gasteiger partial charge in [-0.3, -0.25) is 14.4 Å². The van der Waals surface area contributed by atoms with E-state index in [0.717, 1.165) is 18.4 Å². The minimum atomic E-state index is -0.671. The molecule has 1 unspecified atom stereocenters. The van der Waals surface area contributed by atoms with Gasteiger partial charge < -0.3 is 20.7 Å². The molecule has 5 aromatic carbocycles. The fourth-order valence-electron chi connectivity index (χ4n) is 4.84. The van der Waals surface area contributed by atoms with Crippen molar-refractivity contribution in [1.82, 2.24) is 5.32 Å². The number of halogens is 1. The van der Waals surface area contributed by atoms with Gasteiger partial charge in [0.25, 0.3) is 11.8 Å². The van der Waals surface area contributed by atoms with Crippen LogP contribution in [0.4, 0.5) is 15.8 Å². The van der Waals surface area contributed by atoms with Gasteiger partial charge in [0.1, 0.15) is 16.8 Å². The highest BCUT2D eigenvalue weighted by atomic mass is 32.2. The standard InChI is InChI=1S/C41H36FN3O5S/c1-2-3-25-50-41(49)31-19-23-33(24-20-31)43-40(48)37(29-11-6-4-7-12-29)51-35-16-10-15-34(27-35)44-39(47)36(26-28-17-21-32(42)22-18-28)45-38(46)30-13-8-5-9-14-30/h4-24,26-27,37H,2-3,25H2,1H3,(H,43,48)(H,44,47)(H,45,46)/b36-26-. The maximum atomic E-state index is 13.7. The number of carbonyl (C=O) groups excluding carboxylic acids is 4. The summed E-state index contributed by atoms with van der Waals surface area (Å²) in [7, 11) is 0. The van der Waals surface area contributed by atoms with Crippen LogP contribution in [-0.2, 0) is 14.3 Å². The van der Waals surface area contributed by atoms with Gasteiger partial charge in [-0.25, -0.2) is 9.18 Å². The van der Waals surface area contributed by atoms with Crippen molar-refractivity contribution < 1.29 is 28.3 Å². The number of unbranched alkanes of at least 4 members (excludes halogenated alkanes) is 1. The molecule has 0 saturated carbocycles. The first kappa shape index (κ1) is 36.3. The lowest BCUT2D eigenvalue weighted by Gasteiger charge is -2.18. The number of ether oxygens (including phenoxy) is 1. The normalized spacial score (nSPS) is 11.6. The third-order valence-corrected chi connectivity index (χ3v) is 8.76. The first-order valence-corrected chi connectivity index (χ1v) is 17.2. The Morgan fingerprint density at radius 2 is 1.43 bits per heavy atom. The number of hydrogen-bond donors (Lipinski definition) is 3. The summed E-state index contributed by atoms with van der Waals surface area (Å²) in [6.45, 7) is 2.37. The summed E-state index contributed by atoms with van der Waals surface area (Å²) in [4.78, 5) is 53.3. The van der Waals surface area contributed by atoms with Gasteiger partial charge in [0.15, 0.2) is 0 Å². The van der Waals surface area contributed by atoms with Crippen molar-refractivity contribution in [2.75, 3.05) is 17.2 Å². The first-order valence-electron chi connectivity index (χ1n) is 16.3. The van der Waals surface area contributed by atoms with E-state index in [9.17, 15) is 23.6 Å². The third kappa shape index (κ3) is 10.7. The van der Waals surface area contributed by atoms with E-state index < -0.39 is 28.9 Å². The lowest BCUT2D eigenvalue weighted by molar-refractivity contribution is -0.116. The molecule has 0 aliphatic rings. The summed E-state index contributed by atoms with van der Waals surface area (Å²) in [6.07, 6.45) is 3.17. The van der Waals surface area contributed by atoms with Crippen LogP contribution < -0.4 is 16.0 Å². The van der Waals surface area contributed by atoms with E-state index in [1.54, 1.807) is 72.8 Å². The van der Waals surface area contributed by atoms with Gasteiger partial charge in [-0.2, -0.15) is 0 Å². The molecular weight excluding hydrogens is 666 g/mol. The zero-order valence-corrected chi connectivity index (χ0v) is 28.6. The number of amides is 3. The highest BCUT2D eigenvalue weighted by molar-refractivity contribution is 8.00. The van der Waals surface area contributed by atoms with E-state index >= 15 is 0 Å². The molecule has 10 heteroatoms. The fraction of sp³-hybridized carbons (Fsp3) is 0.122. The molecule has 0 fully saturated rings. The smallest absolute Gasteiger partial charge is 0.338 e. The number of carbonyl (C=O) groups is 4. The van der Waals surface area contributed by atoms with Crippen LogP contribution in [0, 0.1) is 5.82 Å². The monoisotopic (exact) mass is 701 g/mol. The quantitative estimate of drug-likeness (QED) is 0.0462. The van der Waals surface area contributed by atoms with E-state index in [1.165, 1.54) is 42.1 Å². The largest absolute Gasteiger partial charge is 0.462 e. The minimum Gasteiger partial charge on any atom is -0.462 e. The van der Waals surface area contributed by atoms with E-state index in [1.807, 2.05) is 43.3 Å². The number of esters is 1. The molecule has 1 atom stereocenters. The SMILES string of the molecule is CCCCOC(=O)c1ccc(NC(=O)C(Sc2cccc(NC(=O)/C(=C/c3ccc(F)cc3)NC(=O)c3ccccc3)c2)c2ccccc2)cc1. The molecule has 3 amide bonds. The Morgan fingerprint density at radius 3 is 2.12 bits per heavy atom. The molecule has 3 N–H and O–H groups in total. The number of anilines is 2. The average Bonchev–Trinajstić information content (AvgIpc) is 3.15. The zero-order chi connectivity index (χ0) is 36.0. The zero-order valence-electron chi connectivity index (χ0n) is 27.8. The Bertz CT molecular complexity index is 1990. The van der Waals surface area contributed by atoms with Gasteiger partial charge in [0, 0.05) is 21.8 Å². The van der Waals surface area contributed by atoms with Crippen molar-refractivity contribution in [2.45, 2.75) is 29.9 Å². The highest BCUT2D eigenvalue weighted by Crippen LogP contribution is 2.37. The highest BCUT2D eigenvalue weighted by Gasteiger charge is 2.23. The molecule has 0 bridgehead atoms. The number of rotatable bonds is 14. The number of benzene rings is 5. The number of thioether (sulfide) groups is 1. The van der Waals surface area contributed by atoms with Crippen LogP contribution in [0.1, 0.15) is 56.9 Å². The van der Waals surface area contributed by atoms with E-state index in [0.29, 0.717) is 39.6 Å². The average molecular weight is 702 g/mol. The molecule has 0 aliphatic heterocycles. The summed E-state index contributed by atoms with van der Waals surface area (Å²) in [6, 6.07) is 36.8. The molecule has 0 heterocycles. The number of hydrogen-bond acceptors (Lipinski definition) is 6. The van der Waals surface area contributed by atoms with E-state index in [-0.39, 0.29) is 11.6 Å². The Hall–Kier alpha value is -6.00. The van der Waals surface area contributed by atoms with Crippen molar-refractivity contribution in [2.24, 2.45) is 0 Å². The van der Waals surface area contributed by atoms with Crippen molar-refractivity contribution >= 4 is 52.9 Å². The van der Waals surface area contributed by atoms with Crippen molar-refractivity contribution in [3.63, 3.8) is 0 Å². The van der Waals surface area contributed by atoms with Crippen molar-refractivity contribution in [3.05, 3.63) is 167 Å². The molecule has 51 heavy (non-hydrogen) atoms. The molecule has 0 saturated heterocycles. The Kier molecular flexibility index (Phi) is 12.9. The predicted octanol–water partition coefficient (Wildman–Crippen LogP) is 8.66. The topological polar surface area (TPSA) is 114 Å². The first-order chi connectivity index (χ1) is 24.8. The van der Waals surface area contributed by atoms with Crippen LogP contribution in [-0.4, -0.2) is 30.3 Å². The minimum absolute atomic E-state index is 0.0460. The van der Waals surface area contributed by atoms with Crippen LogP contribution >= 0.6 is 11.8 Å². The van der Waals surface area contributed by atoms with Gasteiger partial charge in [0.05, 0.1) is 12.2 Å². The van der Waals surface area contributed by atoms with E-state index in [4.69, 9.17) is 4.74 Å². The maximum Gasteiger partial charge on any atom is 0.338 e. The van der Waals surface area contributed by atoms with Crippen LogP contribution in [0.3, 0.4) is 0 Å². The second-order valence-electron chi connectivity index (χ2n) is 11.4. The van der Waals surface area contributed by atoms with Gasteiger partial charge in [0.2, 0.25) is 5.91 Å². The third-order valence-electron chi connectivity index (χ3n) is 7.52. The van der Waals surface area contributed by atoms with Gasteiger partial charge >= 0.3 is 5.97 Å². The van der Waals surface area contributed by atoms with Gasteiger partial charge in [-0.15, -0.1) is 11.8 Å². The second-order valence-corrected chi connectivity index (χ2v) is 12.6. The lowest BCUT2D eigenvalue weighted by Crippen LogP contribution is -2.30. The van der Waals surface area contributed by atoms with Crippen molar-refractivity contribution in [1.29, 1.82) is 0 Å². The van der Waals surface area contributed by atoms with E-state index in [2.05, 4.69) is 16.0 Å². The molecule has 0 aromatic heterocycles. The van der Waals surface area contributed by atoms with Crippen molar-refractivity contribution in [3.8, 4) is 0 Å². The molecule has 258 valence electrons. The molecule has 8 nitrogen and oxygen atoms in total. The summed E-state index contributed by atoms with van der Waals surface area (Å²) >= 11 is 1.29. The van der Waals surface area contributed by atoms with Gasteiger partial charge in [-0.1, -0.05) is 80.1 Å². The summed E-state index contributed by atoms with van der Waals surface area (Å²) < 4.78 is 18.8. The number of nitrogens with one attached hydrogen (secondary N) is 3. The van der Waals surface area contributed by atoms with Gasteiger partial charge in [-0.05, 0) is 90.4 Å². The van der Waals surface area contributed by atoms with Crippen LogP contribution in [0.15, 0.2) is 144 Å². The second kappa shape index (κ2) is 18.1. The van der Waals surface area contributed by atoms with Crippen LogP contribution in [0.5, 0.6) is 0 Å². The molecule has 0 radical (unpaired) electrons. The summed E-state index contributed by atoms with van der Waals surface area (Å²) in [5.41, 5.74) is 2.93. The molecule has 0 spiro atoms. The molecule has 5 aromatic rings. The van der Waals surface area contributed by atoms with Crippen LogP contribution in [0.2, 0.25) is 0 Å². The predicted molar refractivity (Wildman–Crippen MR) is 199 cm³/mol. The molecule has 5 rings (SSSR count). The Balaban J connectivity index is 1.32. The molecule has 0 aliphatic carbocycles. The Labute approximate surface area is 300 Å². The maximum absolute atomic E-state index is 13.7. The Morgan fingerprint density at radius 1 is 0.745 bits per heavy atom. The molecular formula is C41H36FN3O5S. The van der Waals surface area contributed by atoms with Crippen LogP contribution in [0.25, 0.3) is 6.08 Å². The fourth-order valence-corrected chi connectivity index (χ4v) is 5.92. The summed E-state index contributed by atoms with van der Waals surface area (Å²) in [5, 5.41) is 7.79.